The van der Waals surface area contributed by atoms with Gasteiger partial charge in [0, 0.05) is 0 Å². The number of halogens is 4. The van der Waals surface area contributed by atoms with Crippen LogP contribution >= 0.6 is 22.6 Å². The van der Waals surface area contributed by atoms with Gasteiger partial charge in [0.05, 0.1) is 12.1 Å². The summed E-state index contributed by atoms with van der Waals surface area (Å²) < 4.78 is 40.1. The van der Waals surface area contributed by atoms with Gasteiger partial charge in [-0.2, -0.15) is 13.2 Å². The maximum absolute atomic E-state index is 12.7. The molecule has 0 saturated heterocycles. The Balaban J connectivity index is 2.30. The zero-order chi connectivity index (χ0) is 15.8. The van der Waals surface area contributed by atoms with E-state index in [0.717, 1.165) is 12.1 Å². The van der Waals surface area contributed by atoms with Crippen molar-refractivity contribution in [2.24, 2.45) is 0 Å². The van der Waals surface area contributed by atoms with Crippen LogP contribution in [-0.4, -0.2) is 20.1 Å². The largest absolute Gasteiger partial charge is 0.416 e. The van der Waals surface area contributed by atoms with E-state index in [4.69, 9.17) is 0 Å². The normalized spacial score (nSPS) is 12.7. The van der Waals surface area contributed by atoms with Crippen LogP contribution in [0.4, 0.5) is 13.2 Å². The lowest BCUT2D eigenvalue weighted by Crippen LogP contribution is -2.18. The molecule has 0 spiro atoms. The van der Waals surface area contributed by atoms with Crippen molar-refractivity contribution in [3.8, 4) is 0 Å². The van der Waals surface area contributed by atoms with Crippen molar-refractivity contribution in [2.45, 2.75) is 32.2 Å². The molecule has 1 aromatic heterocycles. The Labute approximate surface area is 133 Å². The lowest BCUT2D eigenvalue weighted by molar-refractivity contribution is -0.137. The fourth-order valence-electron chi connectivity index (χ4n) is 1.80. The number of rotatable bonds is 3. The van der Waals surface area contributed by atoms with Gasteiger partial charge in [0.1, 0.15) is 15.0 Å². The second-order valence-electron chi connectivity index (χ2n) is 5.14. The van der Waals surface area contributed by atoms with E-state index in [1.54, 1.807) is 19.9 Å². The van der Waals surface area contributed by atoms with E-state index in [-0.39, 0.29) is 6.54 Å². The van der Waals surface area contributed by atoms with Gasteiger partial charge in [0.25, 0.3) is 0 Å². The molecule has 0 fully saturated rings. The predicted molar refractivity (Wildman–Crippen MR) is 78.5 cm³/mol. The Morgan fingerprint density at radius 2 is 1.95 bits per heavy atom. The van der Waals surface area contributed by atoms with Crippen LogP contribution in [-0.2, 0) is 18.3 Å². The Morgan fingerprint density at radius 1 is 1.29 bits per heavy atom. The van der Waals surface area contributed by atoms with E-state index in [0.29, 0.717) is 15.0 Å². The van der Waals surface area contributed by atoms with Crippen LogP contribution < -0.4 is 0 Å². The molecule has 21 heavy (non-hydrogen) atoms. The van der Waals surface area contributed by atoms with Crippen molar-refractivity contribution < 1.29 is 18.3 Å². The minimum absolute atomic E-state index is 0.158. The van der Waals surface area contributed by atoms with Gasteiger partial charge in [-0.25, -0.2) is 4.68 Å². The third-order valence-electron chi connectivity index (χ3n) is 2.84. The molecule has 1 N–H and O–H groups in total. The van der Waals surface area contributed by atoms with Crippen LogP contribution in [0.15, 0.2) is 24.3 Å². The predicted octanol–water partition coefficient (Wildman–Crippen LogP) is 3.18. The molecule has 0 aliphatic carbocycles. The van der Waals surface area contributed by atoms with Crippen molar-refractivity contribution in [2.75, 3.05) is 0 Å². The highest BCUT2D eigenvalue weighted by molar-refractivity contribution is 14.1. The fourth-order valence-corrected chi connectivity index (χ4v) is 2.83. The molecule has 0 aliphatic rings. The first kappa shape index (κ1) is 16.2. The lowest BCUT2D eigenvalue weighted by atomic mass is 10.1. The number of alkyl halides is 3. The molecule has 0 amide bonds. The number of nitrogens with zero attached hydrogens (tertiary/aromatic N) is 3. The number of aliphatic hydroxyl groups is 1. The molecule has 0 saturated carbocycles. The average Bonchev–Trinajstić information content (AvgIpc) is 2.70. The minimum atomic E-state index is -4.37. The summed E-state index contributed by atoms with van der Waals surface area (Å²) in [6.07, 6.45) is -4.37. The first-order valence-electron chi connectivity index (χ1n) is 6.07. The topological polar surface area (TPSA) is 50.9 Å². The third-order valence-corrected chi connectivity index (χ3v) is 3.91. The van der Waals surface area contributed by atoms with Crippen LogP contribution in [0.3, 0.4) is 0 Å². The van der Waals surface area contributed by atoms with E-state index >= 15 is 0 Å². The van der Waals surface area contributed by atoms with Gasteiger partial charge in [-0.3, -0.25) is 0 Å². The lowest BCUT2D eigenvalue weighted by Gasteiger charge is -2.14. The summed E-state index contributed by atoms with van der Waals surface area (Å²) in [4.78, 5) is 0. The van der Waals surface area contributed by atoms with Gasteiger partial charge < -0.3 is 5.11 Å². The molecule has 1 heterocycles. The van der Waals surface area contributed by atoms with Gasteiger partial charge in [0.15, 0.2) is 0 Å². The molecule has 4 nitrogen and oxygen atoms in total. The van der Waals surface area contributed by atoms with E-state index in [1.165, 1.54) is 10.7 Å². The van der Waals surface area contributed by atoms with E-state index in [2.05, 4.69) is 10.3 Å². The van der Waals surface area contributed by atoms with Gasteiger partial charge >= 0.3 is 6.18 Å². The summed E-state index contributed by atoms with van der Waals surface area (Å²) >= 11 is 1.97. The van der Waals surface area contributed by atoms with Gasteiger partial charge in [0.2, 0.25) is 0 Å². The van der Waals surface area contributed by atoms with Crippen LogP contribution in [0.5, 0.6) is 0 Å². The number of hydrogen-bond acceptors (Lipinski definition) is 3. The molecule has 0 radical (unpaired) electrons. The first-order chi connectivity index (χ1) is 9.59. The number of benzene rings is 1. The Kier molecular flexibility index (Phi) is 4.29. The molecular weight excluding hydrogens is 398 g/mol. The first-order valence-corrected chi connectivity index (χ1v) is 7.15. The second-order valence-corrected chi connectivity index (χ2v) is 6.17. The fraction of sp³-hybridized carbons (Fsp3) is 0.385. The molecule has 8 heteroatoms. The van der Waals surface area contributed by atoms with Crippen molar-refractivity contribution in [1.82, 2.24) is 15.0 Å². The van der Waals surface area contributed by atoms with Gasteiger partial charge in [-0.05, 0) is 54.1 Å². The Morgan fingerprint density at radius 3 is 2.48 bits per heavy atom. The minimum Gasteiger partial charge on any atom is -0.384 e. The second kappa shape index (κ2) is 5.56. The van der Waals surface area contributed by atoms with Crippen LogP contribution in [0.2, 0.25) is 0 Å². The highest BCUT2D eigenvalue weighted by Crippen LogP contribution is 2.30. The Hall–Kier alpha value is -1.16. The molecule has 0 atom stereocenters. The molecule has 0 aliphatic heterocycles. The van der Waals surface area contributed by atoms with Crippen LogP contribution in [0.25, 0.3) is 0 Å². The molecule has 114 valence electrons. The summed E-state index contributed by atoms with van der Waals surface area (Å²) in [6.45, 7) is 3.31. The number of aromatic nitrogens is 3. The van der Waals surface area contributed by atoms with Crippen molar-refractivity contribution >= 4 is 22.6 Å². The zero-order valence-electron chi connectivity index (χ0n) is 11.3. The average molecular weight is 411 g/mol. The van der Waals surface area contributed by atoms with Crippen molar-refractivity contribution in [3.63, 3.8) is 0 Å². The molecule has 2 rings (SSSR count). The van der Waals surface area contributed by atoms with E-state index in [1.807, 2.05) is 22.6 Å². The van der Waals surface area contributed by atoms with Gasteiger partial charge in [-0.1, -0.05) is 17.3 Å². The highest BCUT2D eigenvalue weighted by atomic mass is 127. The standard InChI is InChI=1S/C13H13F3IN3O/c1-12(2,21)10-11(17)20(19-18-10)7-8-4-3-5-9(6-8)13(14,15)16/h3-6,21H,7H2,1-2H3. The number of hydrogen-bond donors (Lipinski definition) is 1. The Bertz CT molecular complexity index is 647. The smallest absolute Gasteiger partial charge is 0.384 e. The summed E-state index contributed by atoms with van der Waals surface area (Å²) in [5.41, 5.74) is -0.981. The summed E-state index contributed by atoms with van der Waals surface area (Å²) in [5.74, 6) is 0. The molecule has 0 unspecified atom stereocenters. The maximum atomic E-state index is 12.7. The highest BCUT2D eigenvalue weighted by Gasteiger charge is 2.30. The summed E-state index contributed by atoms with van der Waals surface area (Å²) in [5, 5.41) is 17.7. The summed E-state index contributed by atoms with van der Waals surface area (Å²) in [6, 6.07) is 5.06. The van der Waals surface area contributed by atoms with Crippen LogP contribution in [0.1, 0.15) is 30.7 Å². The summed E-state index contributed by atoms with van der Waals surface area (Å²) in [7, 11) is 0. The van der Waals surface area contributed by atoms with E-state index in [9.17, 15) is 18.3 Å². The molecule has 1 aromatic carbocycles. The van der Waals surface area contributed by atoms with Gasteiger partial charge in [-0.15, -0.1) is 5.10 Å². The molecular formula is C13H13F3IN3O. The monoisotopic (exact) mass is 411 g/mol. The molecule has 2 aromatic rings. The van der Waals surface area contributed by atoms with E-state index < -0.39 is 17.3 Å². The molecule has 0 bridgehead atoms. The van der Waals surface area contributed by atoms with Crippen LogP contribution in [0, 0.1) is 3.70 Å². The zero-order valence-corrected chi connectivity index (χ0v) is 13.5. The van der Waals surface area contributed by atoms with Crippen molar-refractivity contribution in [3.05, 3.63) is 44.8 Å². The SMILES string of the molecule is CC(C)(O)c1nnn(Cc2cccc(C(F)(F)F)c2)c1I. The third kappa shape index (κ3) is 3.73. The van der Waals surface area contributed by atoms with Crippen molar-refractivity contribution in [1.29, 1.82) is 0 Å². The quantitative estimate of drug-likeness (QED) is 0.790. The maximum Gasteiger partial charge on any atom is 0.416 e.